The van der Waals surface area contributed by atoms with Gasteiger partial charge in [0.2, 0.25) is 0 Å². The molecule has 1 heterocycles. The van der Waals surface area contributed by atoms with Crippen LogP contribution < -0.4 is 10.2 Å². The first-order valence-corrected chi connectivity index (χ1v) is 10.9. The molecule has 0 amide bonds. The van der Waals surface area contributed by atoms with Gasteiger partial charge in [0, 0.05) is 50.5 Å². The molecule has 0 saturated carbocycles. The lowest BCUT2D eigenvalue weighted by Gasteiger charge is -2.37. The first-order valence-electron chi connectivity index (χ1n) is 8.82. The molecule has 0 atom stereocenters. The molecule has 1 N–H and O–H groups in total. The average molecular weight is 529 g/mol. The minimum atomic E-state index is -3.14. The molecule has 1 aliphatic rings. The van der Waals surface area contributed by atoms with Gasteiger partial charge in [-0.05, 0) is 39.0 Å². The maximum Gasteiger partial charge on any atom is 0.193 e. The molecule has 1 fully saturated rings. The lowest BCUT2D eigenvalue weighted by atomic mass is 10.2. The molecule has 6 nitrogen and oxygen atoms in total. The second-order valence-electron chi connectivity index (χ2n) is 7.36. The Morgan fingerprint density at radius 2 is 1.85 bits per heavy atom. The molecule has 0 aliphatic carbocycles. The van der Waals surface area contributed by atoms with Crippen LogP contribution in [-0.4, -0.2) is 69.5 Å². The molecule has 1 aliphatic heterocycles. The Hall–Kier alpha value is -0.740. The molecule has 0 aromatic heterocycles. The summed E-state index contributed by atoms with van der Waals surface area (Å²) in [5.74, 6) is 0.845. The van der Waals surface area contributed by atoms with E-state index in [9.17, 15) is 8.42 Å². The van der Waals surface area contributed by atoms with Crippen LogP contribution in [0.5, 0.6) is 0 Å². The summed E-state index contributed by atoms with van der Waals surface area (Å²) in [4.78, 5) is 8.75. The van der Waals surface area contributed by atoms with E-state index >= 15 is 0 Å². The number of hydrogen-bond donors (Lipinski definition) is 1. The van der Waals surface area contributed by atoms with Gasteiger partial charge in [0.25, 0.3) is 0 Å². The Bertz CT molecular complexity index is 742. The maximum atomic E-state index is 12.2. The SMILES string of the molecule is CN=C(NCCS(=O)(=O)C(C)(C)C)N1CCN(c2cccc(Cl)c2)CC1.I. The van der Waals surface area contributed by atoms with E-state index in [2.05, 4.69) is 26.2 Å². The van der Waals surface area contributed by atoms with Crippen molar-refractivity contribution >= 4 is 57.1 Å². The topological polar surface area (TPSA) is 65.0 Å². The molecule has 0 spiro atoms. The molecule has 2 rings (SSSR count). The van der Waals surface area contributed by atoms with Crippen molar-refractivity contribution in [3.63, 3.8) is 0 Å². The summed E-state index contributed by atoms with van der Waals surface area (Å²) in [7, 11) is -1.41. The Kier molecular flexibility index (Phi) is 9.14. The highest BCUT2D eigenvalue weighted by molar-refractivity contribution is 14.0. The number of piperazine rings is 1. The van der Waals surface area contributed by atoms with E-state index in [1.807, 2.05) is 18.2 Å². The first-order chi connectivity index (χ1) is 12.1. The molecule has 9 heteroatoms. The third-order valence-electron chi connectivity index (χ3n) is 4.55. The molecule has 154 valence electrons. The molecule has 1 saturated heterocycles. The van der Waals surface area contributed by atoms with E-state index in [1.165, 1.54) is 0 Å². The quantitative estimate of drug-likeness (QED) is 0.370. The monoisotopic (exact) mass is 528 g/mol. The number of sulfone groups is 1. The van der Waals surface area contributed by atoms with Gasteiger partial charge in [0.1, 0.15) is 0 Å². The number of anilines is 1. The number of nitrogens with zero attached hydrogens (tertiary/aromatic N) is 3. The summed E-state index contributed by atoms with van der Waals surface area (Å²) < 4.78 is 23.7. The summed E-state index contributed by atoms with van der Waals surface area (Å²) >= 11 is 6.08. The van der Waals surface area contributed by atoms with Gasteiger partial charge in [0.05, 0.1) is 10.5 Å². The van der Waals surface area contributed by atoms with Crippen molar-refractivity contribution in [1.82, 2.24) is 10.2 Å². The Labute approximate surface area is 185 Å². The number of aliphatic imine (C=N–C) groups is 1. The van der Waals surface area contributed by atoms with Gasteiger partial charge < -0.3 is 15.1 Å². The van der Waals surface area contributed by atoms with E-state index in [1.54, 1.807) is 27.8 Å². The average Bonchev–Trinajstić information content (AvgIpc) is 2.58. The molecule has 0 unspecified atom stereocenters. The maximum absolute atomic E-state index is 12.2. The number of hydrogen-bond acceptors (Lipinski definition) is 4. The normalized spacial score (nSPS) is 16.1. The highest BCUT2D eigenvalue weighted by Crippen LogP contribution is 2.21. The second-order valence-corrected chi connectivity index (χ2v) is 10.7. The van der Waals surface area contributed by atoms with Crippen molar-refractivity contribution in [3.8, 4) is 0 Å². The van der Waals surface area contributed by atoms with Crippen LogP contribution in [0.25, 0.3) is 0 Å². The van der Waals surface area contributed by atoms with Gasteiger partial charge in [-0.15, -0.1) is 24.0 Å². The van der Waals surface area contributed by atoms with Crippen LogP contribution >= 0.6 is 35.6 Å². The molecule has 0 radical (unpaired) electrons. The van der Waals surface area contributed by atoms with Crippen LogP contribution in [0, 0.1) is 0 Å². The molecule has 1 aromatic rings. The fraction of sp³-hybridized carbons (Fsp3) is 0.611. The molecule has 27 heavy (non-hydrogen) atoms. The Balaban J connectivity index is 0.00000364. The van der Waals surface area contributed by atoms with Gasteiger partial charge in [0.15, 0.2) is 15.8 Å². The fourth-order valence-corrected chi connectivity index (χ4v) is 3.95. The highest BCUT2D eigenvalue weighted by atomic mass is 127. The lowest BCUT2D eigenvalue weighted by molar-refractivity contribution is 0.373. The summed E-state index contributed by atoms with van der Waals surface area (Å²) in [6.07, 6.45) is 0. The standard InChI is InChI=1S/C18H29ClN4O2S.HI/c1-18(2,3)26(24,25)13-8-21-17(20-4)23-11-9-22(10-12-23)16-7-5-6-15(19)14-16;/h5-7,14H,8-13H2,1-4H3,(H,20,21);1H. The van der Waals surface area contributed by atoms with Gasteiger partial charge in [-0.1, -0.05) is 17.7 Å². The van der Waals surface area contributed by atoms with Crippen LogP contribution in [0.15, 0.2) is 29.3 Å². The summed E-state index contributed by atoms with van der Waals surface area (Å²) in [5.41, 5.74) is 1.12. The van der Waals surface area contributed by atoms with Crippen molar-refractivity contribution in [2.75, 3.05) is 50.4 Å². The van der Waals surface area contributed by atoms with E-state index in [4.69, 9.17) is 11.6 Å². The van der Waals surface area contributed by atoms with E-state index < -0.39 is 14.6 Å². The van der Waals surface area contributed by atoms with E-state index in [0.29, 0.717) is 6.54 Å². The third kappa shape index (κ3) is 6.67. The largest absolute Gasteiger partial charge is 0.368 e. The second kappa shape index (κ2) is 10.2. The van der Waals surface area contributed by atoms with E-state index in [0.717, 1.165) is 42.8 Å². The van der Waals surface area contributed by atoms with Crippen molar-refractivity contribution in [1.29, 1.82) is 0 Å². The molecular formula is C18H30ClIN4O2S. The van der Waals surface area contributed by atoms with Crippen LogP contribution in [0.4, 0.5) is 5.69 Å². The van der Waals surface area contributed by atoms with Crippen LogP contribution in [-0.2, 0) is 9.84 Å². The molecule has 1 aromatic carbocycles. The Morgan fingerprint density at radius 3 is 2.37 bits per heavy atom. The van der Waals surface area contributed by atoms with Crippen molar-refractivity contribution in [2.24, 2.45) is 4.99 Å². The van der Waals surface area contributed by atoms with E-state index in [-0.39, 0.29) is 29.7 Å². The lowest BCUT2D eigenvalue weighted by Crippen LogP contribution is -2.53. The summed E-state index contributed by atoms with van der Waals surface area (Å²) in [5, 5.41) is 3.93. The number of guanidine groups is 1. The fourth-order valence-electron chi connectivity index (χ4n) is 2.78. The number of halogens is 2. The van der Waals surface area contributed by atoms with Crippen LogP contribution in [0.3, 0.4) is 0 Å². The minimum Gasteiger partial charge on any atom is -0.368 e. The highest BCUT2D eigenvalue weighted by Gasteiger charge is 2.28. The zero-order valence-corrected chi connectivity index (χ0v) is 20.3. The van der Waals surface area contributed by atoms with Crippen molar-refractivity contribution < 1.29 is 8.42 Å². The van der Waals surface area contributed by atoms with Crippen LogP contribution in [0.2, 0.25) is 5.02 Å². The smallest absolute Gasteiger partial charge is 0.193 e. The van der Waals surface area contributed by atoms with Crippen molar-refractivity contribution in [3.05, 3.63) is 29.3 Å². The minimum absolute atomic E-state index is 0. The van der Waals surface area contributed by atoms with Gasteiger partial charge in [-0.25, -0.2) is 8.42 Å². The van der Waals surface area contributed by atoms with Crippen molar-refractivity contribution in [2.45, 2.75) is 25.5 Å². The zero-order valence-electron chi connectivity index (χ0n) is 16.4. The number of benzene rings is 1. The molecular weight excluding hydrogens is 499 g/mol. The summed E-state index contributed by atoms with van der Waals surface area (Å²) in [6, 6.07) is 7.87. The van der Waals surface area contributed by atoms with Gasteiger partial charge in [-0.2, -0.15) is 0 Å². The Morgan fingerprint density at radius 1 is 1.22 bits per heavy atom. The third-order valence-corrected chi connectivity index (χ3v) is 7.39. The number of nitrogens with one attached hydrogen (secondary N) is 1. The van der Waals surface area contributed by atoms with Gasteiger partial charge in [-0.3, -0.25) is 4.99 Å². The zero-order chi connectivity index (χ0) is 19.4. The number of rotatable bonds is 4. The van der Waals surface area contributed by atoms with Gasteiger partial charge >= 0.3 is 0 Å². The van der Waals surface area contributed by atoms with Crippen LogP contribution in [0.1, 0.15) is 20.8 Å². The molecule has 0 bridgehead atoms. The predicted molar refractivity (Wildman–Crippen MR) is 126 cm³/mol. The summed E-state index contributed by atoms with van der Waals surface area (Å²) in [6.45, 7) is 8.91. The predicted octanol–water partition coefficient (Wildman–Crippen LogP) is 2.87. The first kappa shape index (κ1) is 24.3.